The van der Waals surface area contributed by atoms with Gasteiger partial charge in [0.2, 0.25) is 0 Å². The summed E-state index contributed by atoms with van der Waals surface area (Å²) in [4.78, 5) is 13.8. The molecular weight excluding hydrogens is 254 g/mol. The number of nitrogens with two attached hydrogens (primary N) is 1. The van der Waals surface area contributed by atoms with E-state index in [1.807, 2.05) is 0 Å². The van der Waals surface area contributed by atoms with Gasteiger partial charge in [0.05, 0.1) is 6.54 Å². The van der Waals surface area contributed by atoms with Crippen LogP contribution in [0.2, 0.25) is 0 Å². The van der Waals surface area contributed by atoms with Crippen LogP contribution in [-0.4, -0.2) is 47.1 Å². The maximum Gasteiger partial charge on any atom is 0.342 e. The molecule has 2 rings (SSSR count). The first kappa shape index (κ1) is 13.8. The first-order valence-electron chi connectivity index (χ1n) is 6.32. The Morgan fingerprint density at radius 1 is 1.42 bits per heavy atom. The number of carbonyl (C=O) groups is 1. The van der Waals surface area contributed by atoms with Crippen molar-refractivity contribution < 1.29 is 13.6 Å². The third-order valence-electron chi connectivity index (χ3n) is 3.80. The maximum absolute atomic E-state index is 13.9. The second-order valence-corrected chi connectivity index (χ2v) is 5.04. The van der Waals surface area contributed by atoms with Gasteiger partial charge >= 0.3 is 5.92 Å². The average Bonchev–Trinajstić information content (AvgIpc) is 2.86. The van der Waals surface area contributed by atoms with Crippen molar-refractivity contribution >= 4 is 11.7 Å². The fraction of sp³-hybridized carbons (Fsp3) is 0.667. The van der Waals surface area contributed by atoms with E-state index in [0.717, 1.165) is 36.8 Å². The van der Waals surface area contributed by atoms with Gasteiger partial charge in [-0.15, -0.1) is 0 Å². The monoisotopic (exact) mass is 272 g/mol. The lowest BCUT2D eigenvalue weighted by Crippen LogP contribution is -2.46. The largest absolute Gasteiger partial charge is 0.403 e. The molecule has 0 atom stereocenters. The van der Waals surface area contributed by atoms with E-state index in [1.54, 1.807) is 0 Å². The summed E-state index contributed by atoms with van der Waals surface area (Å²) < 4.78 is 27.8. The third kappa shape index (κ3) is 2.29. The SMILES string of the molecule is CN1C(=O)C(F)(F)CN(C2CCCC2)C(=N)/C1=C\N. The molecule has 5 nitrogen and oxygen atoms in total. The molecule has 2 fully saturated rings. The number of nitrogens with one attached hydrogen (secondary N) is 1. The van der Waals surface area contributed by atoms with Gasteiger partial charge < -0.3 is 15.5 Å². The van der Waals surface area contributed by atoms with Crippen LogP contribution < -0.4 is 5.73 Å². The summed E-state index contributed by atoms with van der Waals surface area (Å²) in [6, 6.07) is -0.104. The Hall–Kier alpha value is -1.66. The summed E-state index contributed by atoms with van der Waals surface area (Å²) in [5, 5.41) is 8.06. The van der Waals surface area contributed by atoms with Crippen molar-refractivity contribution in [1.29, 1.82) is 5.41 Å². The minimum absolute atomic E-state index is 0.0362. The summed E-state index contributed by atoms with van der Waals surface area (Å²) >= 11 is 0. The number of hydrogen-bond acceptors (Lipinski definition) is 3. The van der Waals surface area contributed by atoms with E-state index < -0.39 is 18.4 Å². The zero-order valence-electron chi connectivity index (χ0n) is 10.8. The van der Waals surface area contributed by atoms with E-state index in [-0.39, 0.29) is 17.6 Å². The molecule has 1 aliphatic carbocycles. The molecule has 0 aromatic heterocycles. The maximum atomic E-state index is 13.9. The molecule has 19 heavy (non-hydrogen) atoms. The lowest BCUT2D eigenvalue weighted by molar-refractivity contribution is -0.154. The molecule has 1 saturated heterocycles. The molecule has 0 radical (unpaired) electrons. The topological polar surface area (TPSA) is 73.4 Å². The van der Waals surface area contributed by atoms with Gasteiger partial charge in [0.1, 0.15) is 11.5 Å². The molecule has 1 heterocycles. The van der Waals surface area contributed by atoms with E-state index in [1.165, 1.54) is 11.9 Å². The van der Waals surface area contributed by atoms with E-state index >= 15 is 0 Å². The second-order valence-electron chi connectivity index (χ2n) is 5.04. The summed E-state index contributed by atoms with van der Waals surface area (Å²) in [6.07, 6.45) is 4.52. The number of amides is 1. The first-order chi connectivity index (χ1) is 8.88. The van der Waals surface area contributed by atoms with Gasteiger partial charge in [-0.25, -0.2) is 0 Å². The number of amidine groups is 1. The highest BCUT2D eigenvalue weighted by Gasteiger charge is 2.49. The van der Waals surface area contributed by atoms with Crippen molar-refractivity contribution in [2.45, 2.75) is 37.6 Å². The highest BCUT2D eigenvalue weighted by molar-refractivity contribution is 6.02. The molecule has 1 aliphatic heterocycles. The molecule has 2 aliphatic rings. The van der Waals surface area contributed by atoms with Crippen LogP contribution in [0.1, 0.15) is 25.7 Å². The first-order valence-corrected chi connectivity index (χ1v) is 6.32. The molecule has 0 aromatic rings. The molecule has 7 heteroatoms. The van der Waals surface area contributed by atoms with Crippen LogP contribution in [0.3, 0.4) is 0 Å². The van der Waals surface area contributed by atoms with Crippen LogP contribution >= 0.6 is 0 Å². The van der Waals surface area contributed by atoms with Gasteiger partial charge in [0, 0.05) is 19.3 Å². The summed E-state index contributed by atoms with van der Waals surface area (Å²) in [6.45, 7) is -0.739. The Balaban J connectivity index is 2.38. The highest BCUT2D eigenvalue weighted by atomic mass is 19.3. The van der Waals surface area contributed by atoms with E-state index in [9.17, 15) is 13.6 Å². The zero-order chi connectivity index (χ0) is 14.2. The fourth-order valence-electron chi connectivity index (χ4n) is 2.74. The molecule has 1 amide bonds. The number of likely N-dealkylation sites (N-methyl/N-ethyl adjacent to an activating group) is 1. The quantitative estimate of drug-likeness (QED) is 0.751. The van der Waals surface area contributed by atoms with Crippen LogP contribution in [-0.2, 0) is 4.79 Å². The van der Waals surface area contributed by atoms with E-state index in [4.69, 9.17) is 11.1 Å². The van der Waals surface area contributed by atoms with E-state index in [0.29, 0.717) is 0 Å². The molecular formula is C12H18F2N4O. The van der Waals surface area contributed by atoms with Crippen molar-refractivity contribution in [2.24, 2.45) is 5.73 Å². The van der Waals surface area contributed by atoms with Crippen LogP contribution in [0.25, 0.3) is 0 Å². The van der Waals surface area contributed by atoms with Gasteiger partial charge in [-0.2, -0.15) is 8.78 Å². The summed E-state index contributed by atoms with van der Waals surface area (Å²) in [5.74, 6) is -4.90. The molecule has 3 N–H and O–H groups in total. The number of carbonyl (C=O) groups excluding carboxylic acids is 1. The van der Waals surface area contributed by atoms with Gasteiger partial charge in [0.15, 0.2) is 0 Å². The van der Waals surface area contributed by atoms with Gasteiger partial charge in [-0.05, 0) is 12.8 Å². The predicted octanol–water partition coefficient (Wildman–Crippen LogP) is 1.12. The molecule has 0 spiro atoms. The number of alkyl halides is 2. The smallest absolute Gasteiger partial charge is 0.342 e. The van der Waals surface area contributed by atoms with Gasteiger partial charge in [-0.1, -0.05) is 12.8 Å². The number of hydrogen-bond donors (Lipinski definition) is 2. The molecule has 1 saturated carbocycles. The van der Waals surface area contributed by atoms with Crippen molar-refractivity contribution in [3.05, 3.63) is 11.9 Å². The Morgan fingerprint density at radius 3 is 2.53 bits per heavy atom. The minimum atomic E-state index is -3.49. The molecule has 0 bridgehead atoms. The fourth-order valence-corrected chi connectivity index (χ4v) is 2.74. The number of halogens is 2. The lowest BCUT2D eigenvalue weighted by Gasteiger charge is -2.31. The zero-order valence-corrected chi connectivity index (χ0v) is 10.8. The van der Waals surface area contributed by atoms with Crippen molar-refractivity contribution in [3.63, 3.8) is 0 Å². The highest BCUT2D eigenvalue weighted by Crippen LogP contribution is 2.31. The van der Waals surface area contributed by atoms with Gasteiger partial charge in [0.25, 0.3) is 5.91 Å². The third-order valence-corrected chi connectivity index (χ3v) is 3.80. The number of rotatable bonds is 1. The summed E-state index contributed by atoms with van der Waals surface area (Å²) in [5.41, 5.74) is 5.43. The van der Waals surface area contributed by atoms with Crippen LogP contribution in [0.4, 0.5) is 8.78 Å². The van der Waals surface area contributed by atoms with Crippen molar-refractivity contribution in [3.8, 4) is 0 Å². The predicted molar refractivity (Wildman–Crippen MR) is 66.7 cm³/mol. The molecule has 106 valence electrons. The average molecular weight is 272 g/mol. The van der Waals surface area contributed by atoms with Gasteiger partial charge in [-0.3, -0.25) is 10.2 Å². The Morgan fingerprint density at radius 2 is 2.00 bits per heavy atom. The molecule has 0 aromatic carbocycles. The standard InChI is InChI=1S/C12H18F2N4O/c1-17-9(6-15)10(16)18(8-4-2-3-5-8)7-12(13,14)11(17)19/h6,8,16H,2-5,7,15H2,1H3/b9-6+,16-10?. The normalized spacial score (nSPS) is 27.2. The van der Waals surface area contributed by atoms with Crippen molar-refractivity contribution in [1.82, 2.24) is 9.80 Å². The number of nitrogens with zero attached hydrogens (tertiary/aromatic N) is 2. The van der Waals surface area contributed by atoms with Crippen LogP contribution in [0.5, 0.6) is 0 Å². The lowest BCUT2D eigenvalue weighted by atomic mass is 10.2. The van der Waals surface area contributed by atoms with Crippen LogP contribution in [0.15, 0.2) is 11.9 Å². The second kappa shape index (κ2) is 4.79. The van der Waals surface area contributed by atoms with Crippen LogP contribution in [0, 0.1) is 5.41 Å². The van der Waals surface area contributed by atoms with Crippen molar-refractivity contribution in [2.75, 3.05) is 13.6 Å². The Kier molecular flexibility index (Phi) is 3.47. The Labute approximate surface area is 110 Å². The molecule has 0 unspecified atom stereocenters. The summed E-state index contributed by atoms with van der Waals surface area (Å²) in [7, 11) is 1.22. The minimum Gasteiger partial charge on any atom is -0.403 e. The van der Waals surface area contributed by atoms with E-state index in [2.05, 4.69) is 0 Å². The Bertz CT molecular complexity index is 429.